The Morgan fingerprint density at radius 1 is 0.896 bits per heavy atom. The van der Waals surface area contributed by atoms with Crippen LogP contribution in [0, 0.1) is 29.6 Å². The highest BCUT2D eigenvalue weighted by Crippen LogP contribution is 2.40. The van der Waals surface area contributed by atoms with Crippen molar-refractivity contribution in [1.82, 2.24) is 9.47 Å². The molecule has 1 aromatic carbocycles. The van der Waals surface area contributed by atoms with Crippen molar-refractivity contribution in [2.24, 2.45) is 29.6 Å². The van der Waals surface area contributed by atoms with Gasteiger partial charge < -0.3 is 48.1 Å². The van der Waals surface area contributed by atoms with Crippen LogP contribution in [0.1, 0.15) is 119 Å². The van der Waals surface area contributed by atoms with Crippen LogP contribution in [0.25, 0.3) is 10.9 Å². The number of esters is 1. The Bertz CT molecular complexity index is 2100. The summed E-state index contributed by atoms with van der Waals surface area (Å²) in [5.74, 6) is -6.70. The largest absolute Gasteiger partial charge is 0.488 e. The van der Waals surface area contributed by atoms with Gasteiger partial charge in [-0.2, -0.15) is 0 Å². The number of fused-ring (bicyclic) bond motifs is 4. The highest BCUT2D eigenvalue weighted by atomic mass is 16.7. The molecule has 2 bridgehead atoms. The molecule has 3 aliphatic heterocycles. The highest BCUT2D eigenvalue weighted by Gasteiger charge is 2.56. The van der Waals surface area contributed by atoms with Crippen LogP contribution < -0.4 is 4.74 Å². The number of amides is 1. The number of aliphatic hydroxyl groups is 2. The van der Waals surface area contributed by atoms with E-state index < -0.39 is 77.8 Å². The summed E-state index contributed by atoms with van der Waals surface area (Å²) >= 11 is 0. The van der Waals surface area contributed by atoms with Crippen molar-refractivity contribution >= 4 is 34.3 Å². The summed E-state index contributed by atoms with van der Waals surface area (Å²) < 4.78 is 39.3. The second kappa shape index (κ2) is 23.1. The number of aryl methyl sites for hydroxylation is 1. The Morgan fingerprint density at radius 2 is 1.61 bits per heavy atom. The van der Waals surface area contributed by atoms with E-state index in [9.17, 15) is 29.4 Å². The molecule has 6 rings (SSSR count). The Morgan fingerprint density at radius 3 is 2.30 bits per heavy atom. The van der Waals surface area contributed by atoms with Gasteiger partial charge in [-0.05, 0) is 127 Å². The topological polar surface area (TPSA) is 172 Å². The molecule has 14 atom stereocenters. The maximum Gasteiger partial charge on any atom is 0.329 e. The number of carbonyl (C=O) groups is 4. The lowest BCUT2D eigenvalue weighted by Gasteiger charge is -2.47. The molecule has 14 heteroatoms. The van der Waals surface area contributed by atoms with E-state index in [1.165, 1.54) is 4.90 Å². The molecule has 1 aromatic heterocycles. The second-order valence-electron chi connectivity index (χ2n) is 20.1. The standard InChI is InChI=1S/C53H78N2O12/c1-11-37-24-31(3)23-32(4)25-46(63-9)49-47(64-10)27-34(6)53(61,67-49)50(58)51(59)55-21-14-13-15-41(55)52(60)66-48(35(7)42(56)30-43(37)57)33(5)26-36-16-19-44(45(28-36)62-8)65-39-17-18-40-38(29-39)20-22-54(40)12-2/h17-18,20,22,24,26,29,32,34-37,41-42,44-49,56,61H,11-16,19,21,23,25,27-28,30H2,1-10H3/b31-24+,33-26?. The third-order valence-electron chi connectivity index (χ3n) is 15.2. The van der Waals surface area contributed by atoms with Crippen molar-refractivity contribution in [2.75, 3.05) is 27.9 Å². The highest BCUT2D eigenvalue weighted by molar-refractivity contribution is 6.39. The molecular formula is C53H78N2O12. The van der Waals surface area contributed by atoms with Crippen molar-refractivity contribution in [2.45, 2.75) is 180 Å². The molecule has 372 valence electrons. The number of carbonyl (C=O) groups excluding carboxylic acids is 4. The smallest absolute Gasteiger partial charge is 0.329 e. The van der Waals surface area contributed by atoms with Gasteiger partial charge in [0.25, 0.3) is 11.7 Å². The Kier molecular flexibility index (Phi) is 18.1. The molecule has 4 heterocycles. The minimum atomic E-state index is -2.51. The number of piperidine rings is 1. The molecule has 1 saturated carbocycles. The number of hydrogen-bond donors (Lipinski definition) is 2. The molecular weight excluding hydrogens is 857 g/mol. The van der Waals surface area contributed by atoms with E-state index in [1.807, 2.05) is 32.9 Å². The summed E-state index contributed by atoms with van der Waals surface area (Å²) in [6.45, 7) is 14.4. The zero-order valence-corrected chi connectivity index (χ0v) is 41.6. The summed E-state index contributed by atoms with van der Waals surface area (Å²) in [5, 5.41) is 25.1. The summed E-state index contributed by atoms with van der Waals surface area (Å²) in [6, 6.07) is 7.09. The number of hydrogen-bond acceptors (Lipinski definition) is 12. The zero-order chi connectivity index (χ0) is 48.7. The molecule has 0 spiro atoms. The molecule has 67 heavy (non-hydrogen) atoms. The number of aromatic nitrogens is 1. The molecule has 2 aromatic rings. The SMILES string of the molecule is CCC1/C=C(\C)CC(C)CC(OC)C2OC(O)(C(=O)C(=O)N3CCCCC3C(=O)OC(C(C)=CC3CCC(Oc4ccc5c(ccn5CC)c4)C(OC)C3)C(C)C(O)CC1=O)C(C)CC2OC. The molecule has 14 unspecified atom stereocenters. The van der Waals surface area contributed by atoms with Gasteiger partial charge in [-0.1, -0.05) is 45.4 Å². The van der Waals surface area contributed by atoms with Gasteiger partial charge in [0.15, 0.2) is 0 Å². The molecule has 2 saturated heterocycles. The number of ether oxygens (including phenoxy) is 6. The fraction of sp³-hybridized carbons (Fsp3) is 0.698. The number of methoxy groups -OCH3 is 3. The normalized spacial score (nSPS) is 36.7. The van der Waals surface area contributed by atoms with Crippen LogP contribution >= 0.6 is 0 Å². The first kappa shape index (κ1) is 52.5. The maximum absolute atomic E-state index is 14.6. The lowest BCUT2D eigenvalue weighted by molar-refractivity contribution is -0.302. The van der Waals surface area contributed by atoms with Crippen LogP contribution in [-0.4, -0.2) is 126 Å². The molecule has 3 fully saturated rings. The van der Waals surface area contributed by atoms with Gasteiger partial charge in [0.2, 0.25) is 5.79 Å². The van der Waals surface area contributed by atoms with Crippen LogP contribution in [-0.2, 0) is 49.4 Å². The zero-order valence-electron chi connectivity index (χ0n) is 41.6. The molecule has 1 aliphatic carbocycles. The fourth-order valence-corrected chi connectivity index (χ4v) is 11.2. The van der Waals surface area contributed by atoms with Gasteiger partial charge in [-0.25, -0.2) is 4.79 Å². The van der Waals surface area contributed by atoms with Gasteiger partial charge in [-0.3, -0.25) is 14.4 Å². The maximum atomic E-state index is 14.6. The van der Waals surface area contributed by atoms with Crippen molar-refractivity contribution in [3.05, 3.63) is 53.8 Å². The van der Waals surface area contributed by atoms with Crippen LogP contribution in [0.5, 0.6) is 5.75 Å². The van der Waals surface area contributed by atoms with E-state index >= 15 is 0 Å². The second-order valence-corrected chi connectivity index (χ2v) is 20.1. The number of benzene rings is 1. The lowest BCUT2D eigenvalue weighted by atomic mass is 9.81. The van der Waals surface area contributed by atoms with Crippen molar-refractivity contribution in [3.8, 4) is 5.75 Å². The Hall–Kier alpha value is -3.92. The Labute approximate surface area is 397 Å². The summed E-state index contributed by atoms with van der Waals surface area (Å²) in [7, 11) is 4.77. The number of Topliss-reactive ketones (excluding diaryl/α,β-unsaturated/α-hetero) is 2. The third kappa shape index (κ3) is 11.9. The van der Waals surface area contributed by atoms with Crippen LogP contribution in [0.3, 0.4) is 0 Å². The number of cyclic esters (lactones) is 1. The third-order valence-corrected chi connectivity index (χ3v) is 15.2. The molecule has 2 N–H and O–H groups in total. The van der Waals surface area contributed by atoms with Gasteiger partial charge in [0.1, 0.15) is 35.9 Å². The van der Waals surface area contributed by atoms with Crippen LogP contribution in [0.4, 0.5) is 0 Å². The van der Waals surface area contributed by atoms with Gasteiger partial charge in [-0.15, -0.1) is 0 Å². The van der Waals surface area contributed by atoms with Crippen LogP contribution in [0.2, 0.25) is 0 Å². The van der Waals surface area contributed by atoms with E-state index in [4.69, 9.17) is 28.4 Å². The number of allylic oxidation sites excluding steroid dienone is 3. The van der Waals surface area contributed by atoms with E-state index in [0.717, 1.165) is 35.2 Å². The van der Waals surface area contributed by atoms with E-state index in [2.05, 4.69) is 48.9 Å². The van der Waals surface area contributed by atoms with Crippen molar-refractivity contribution in [3.63, 3.8) is 0 Å². The first-order valence-corrected chi connectivity index (χ1v) is 24.8. The average molecular weight is 935 g/mol. The van der Waals surface area contributed by atoms with Gasteiger partial charge >= 0.3 is 5.97 Å². The molecule has 14 nitrogen and oxygen atoms in total. The monoisotopic (exact) mass is 935 g/mol. The molecule has 0 radical (unpaired) electrons. The minimum Gasteiger partial charge on any atom is -0.488 e. The van der Waals surface area contributed by atoms with E-state index in [-0.39, 0.29) is 55.6 Å². The number of rotatable bonds is 9. The van der Waals surface area contributed by atoms with Gasteiger partial charge in [0.05, 0.1) is 24.4 Å². The van der Waals surface area contributed by atoms with E-state index in [0.29, 0.717) is 50.5 Å². The fourth-order valence-electron chi connectivity index (χ4n) is 11.2. The van der Waals surface area contributed by atoms with Crippen molar-refractivity contribution < 1.29 is 57.8 Å². The lowest BCUT2D eigenvalue weighted by Crippen LogP contribution is -2.64. The van der Waals surface area contributed by atoms with Crippen LogP contribution in [0.15, 0.2) is 53.8 Å². The number of nitrogens with zero attached hydrogens (tertiary/aromatic N) is 2. The first-order chi connectivity index (χ1) is 32.0. The van der Waals surface area contributed by atoms with Gasteiger partial charge in [0, 0.05) is 75.7 Å². The quantitative estimate of drug-likeness (QED) is 0.144. The summed E-state index contributed by atoms with van der Waals surface area (Å²) in [6.07, 6.45) is 6.74. The first-order valence-electron chi connectivity index (χ1n) is 24.8. The summed E-state index contributed by atoms with van der Waals surface area (Å²) in [4.78, 5) is 58.6. The predicted molar refractivity (Wildman–Crippen MR) is 254 cm³/mol. The molecule has 1 amide bonds. The summed E-state index contributed by atoms with van der Waals surface area (Å²) in [5.41, 5.74) is 2.85. The average Bonchev–Trinajstić information content (AvgIpc) is 3.74. The van der Waals surface area contributed by atoms with Crippen molar-refractivity contribution in [1.29, 1.82) is 0 Å². The predicted octanol–water partition coefficient (Wildman–Crippen LogP) is 7.53. The number of aliphatic hydroxyl groups excluding tert-OH is 1. The Balaban J connectivity index is 1.30. The number of ketones is 2. The minimum absolute atomic E-state index is 0.0171. The molecule has 4 aliphatic rings. The van der Waals surface area contributed by atoms with E-state index in [1.54, 1.807) is 35.2 Å².